The van der Waals surface area contributed by atoms with Gasteiger partial charge in [0.15, 0.2) is 0 Å². The summed E-state index contributed by atoms with van der Waals surface area (Å²) in [7, 11) is 1.52. The number of benzene rings is 2. The molecule has 108 valence electrons. The molecule has 0 saturated carbocycles. The van der Waals surface area contributed by atoms with Crippen molar-refractivity contribution in [2.75, 3.05) is 18.2 Å². The second kappa shape index (κ2) is 6.56. The number of carbonyl (C=O) groups is 1. The lowest BCUT2D eigenvalue weighted by atomic mass is 10.2. The van der Waals surface area contributed by atoms with Gasteiger partial charge >= 0.3 is 0 Å². The molecule has 0 saturated heterocycles. The molecule has 0 fully saturated rings. The van der Waals surface area contributed by atoms with Gasteiger partial charge in [-0.1, -0.05) is 12.1 Å². The minimum absolute atomic E-state index is 0.302. The van der Waals surface area contributed by atoms with E-state index in [2.05, 4.69) is 5.32 Å². The number of methoxy groups -OCH3 is 1. The van der Waals surface area contributed by atoms with Crippen LogP contribution in [0.4, 0.5) is 15.8 Å². The maximum atomic E-state index is 12.7. The molecule has 3 N–H and O–H groups in total. The second-order valence-electron chi connectivity index (χ2n) is 4.33. The fourth-order valence-electron chi connectivity index (χ4n) is 1.74. The van der Waals surface area contributed by atoms with Crippen molar-refractivity contribution in [3.63, 3.8) is 0 Å². The zero-order chi connectivity index (χ0) is 15.2. The van der Waals surface area contributed by atoms with E-state index in [-0.39, 0.29) is 11.7 Å². The van der Waals surface area contributed by atoms with Gasteiger partial charge in [0, 0.05) is 11.8 Å². The number of rotatable bonds is 4. The summed E-state index contributed by atoms with van der Waals surface area (Å²) in [6, 6.07) is 10.8. The van der Waals surface area contributed by atoms with Gasteiger partial charge in [0.2, 0.25) is 5.91 Å². The average Bonchev–Trinajstić information content (AvgIpc) is 2.47. The number of carbonyl (C=O) groups excluding carboxylic acids is 1. The van der Waals surface area contributed by atoms with E-state index in [0.29, 0.717) is 17.1 Å². The molecular formula is C16H15FN2O2. The third-order valence-corrected chi connectivity index (χ3v) is 2.79. The number of nitrogens with two attached hydrogens (primary N) is 1. The number of halogens is 1. The van der Waals surface area contributed by atoms with E-state index < -0.39 is 0 Å². The van der Waals surface area contributed by atoms with Crippen LogP contribution in [0, 0.1) is 5.82 Å². The SMILES string of the molecule is COc1ccc(NC(=O)/C=C/c2ccc(F)cc2)cc1N. The van der Waals surface area contributed by atoms with Gasteiger partial charge in [-0.25, -0.2) is 4.39 Å². The Morgan fingerprint density at radius 3 is 2.57 bits per heavy atom. The summed E-state index contributed by atoms with van der Waals surface area (Å²) >= 11 is 0. The van der Waals surface area contributed by atoms with Gasteiger partial charge in [-0.05, 0) is 42.0 Å². The molecule has 0 aliphatic rings. The van der Waals surface area contributed by atoms with E-state index in [1.54, 1.807) is 36.4 Å². The van der Waals surface area contributed by atoms with Gasteiger partial charge in [-0.3, -0.25) is 4.79 Å². The van der Waals surface area contributed by atoms with Crippen molar-refractivity contribution >= 4 is 23.4 Å². The molecule has 0 unspecified atom stereocenters. The second-order valence-corrected chi connectivity index (χ2v) is 4.33. The predicted octanol–water partition coefficient (Wildman–Crippen LogP) is 3.07. The van der Waals surface area contributed by atoms with Crippen LogP contribution >= 0.6 is 0 Å². The largest absolute Gasteiger partial charge is 0.495 e. The highest BCUT2D eigenvalue weighted by Crippen LogP contribution is 2.24. The minimum atomic E-state index is -0.315. The molecule has 0 spiro atoms. The van der Waals surface area contributed by atoms with Gasteiger partial charge < -0.3 is 15.8 Å². The van der Waals surface area contributed by atoms with E-state index in [9.17, 15) is 9.18 Å². The lowest BCUT2D eigenvalue weighted by Crippen LogP contribution is -2.08. The first-order valence-corrected chi connectivity index (χ1v) is 6.26. The van der Waals surface area contributed by atoms with Crippen LogP contribution in [0.5, 0.6) is 5.75 Å². The van der Waals surface area contributed by atoms with Gasteiger partial charge in [0.05, 0.1) is 12.8 Å². The number of nitrogen functional groups attached to an aromatic ring is 1. The molecule has 0 atom stereocenters. The molecular weight excluding hydrogens is 271 g/mol. The molecule has 0 aromatic heterocycles. The molecule has 0 aliphatic heterocycles. The molecule has 2 aromatic rings. The van der Waals surface area contributed by atoms with Crippen molar-refractivity contribution in [3.05, 3.63) is 59.9 Å². The van der Waals surface area contributed by atoms with Crippen LogP contribution in [0.2, 0.25) is 0 Å². The monoisotopic (exact) mass is 286 g/mol. The Morgan fingerprint density at radius 1 is 1.24 bits per heavy atom. The van der Waals surface area contributed by atoms with Crippen LogP contribution in [0.15, 0.2) is 48.5 Å². The number of hydrogen-bond donors (Lipinski definition) is 2. The molecule has 2 aromatic carbocycles. The van der Waals surface area contributed by atoms with Gasteiger partial charge in [-0.2, -0.15) is 0 Å². The Hall–Kier alpha value is -2.82. The van der Waals surface area contributed by atoms with Crippen molar-refractivity contribution in [2.45, 2.75) is 0 Å². The van der Waals surface area contributed by atoms with Crippen molar-refractivity contribution in [1.82, 2.24) is 0 Å². The molecule has 0 aliphatic carbocycles. The lowest BCUT2D eigenvalue weighted by molar-refractivity contribution is -0.111. The van der Waals surface area contributed by atoms with Crippen molar-refractivity contribution < 1.29 is 13.9 Å². The van der Waals surface area contributed by atoms with E-state index in [0.717, 1.165) is 5.56 Å². The Bertz CT molecular complexity index is 666. The fourth-order valence-corrected chi connectivity index (χ4v) is 1.74. The van der Waals surface area contributed by atoms with Gasteiger partial charge in [-0.15, -0.1) is 0 Å². The Kier molecular flexibility index (Phi) is 4.56. The first-order chi connectivity index (χ1) is 10.1. The smallest absolute Gasteiger partial charge is 0.248 e. The van der Waals surface area contributed by atoms with Gasteiger partial charge in [0.1, 0.15) is 11.6 Å². The summed E-state index contributed by atoms with van der Waals surface area (Å²) in [4.78, 5) is 11.8. The van der Waals surface area contributed by atoms with Crippen LogP contribution < -0.4 is 15.8 Å². The Labute approximate surface area is 122 Å². The van der Waals surface area contributed by atoms with E-state index >= 15 is 0 Å². The first kappa shape index (κ1) is 14.6. The zero-order valence-corrected chi connectivity index (χ0v) is 11.5. The standard InChI is InChI=1S/C16H15FN2O2/c1-21-15-8-7-13(10-14(15)18)19-16(20)9-4-11-2-5-12(17)6-3-11/h2-10H,18H2,1H3,(H,19,20)/b9-4+. The van der Waals surface area contributed by atoms with Crippen molar-refractivity contribution in [1.29, 1.82) is 0 Å². The van der Waals surface area contributed by atoms with Crippen molar-refractivity contribution in [3.8, 4) is 5.75 Å². The quantitative estimate of drug-likeness (QED) is 0.670. The van der Waals surface area contributed by atoms with Crippen LogP contribution in [-0.4, -0.2) is 13.0 Å². The molecule has 0 radical (unpaired) electrons. The van der Waals surface area contributed by atoms with Crippen LogP contribution in [-0.2, 0) is 4.79 Å². The maximum Gasteiger partial charge on any atom is 0.248 e. The molecule has 2 rings (SSSR count). The zero-order valence-electron chi connectivity index (χ0n) is 11.5. The number of hydrogen-bond acceptors (Lipinski definition) is 3. The average molecular weight is 286 g/mol. The predicted molar refractivity (Wildman–Crippen MR) is 81.5 cm³/mol. The van der Waals surface area contributed by atoms with Gasteiger partial charge in [0.25, 0.3) is 0 Å². The first-order valence-electron chi connectivity index (χ1n) is 6.26. The summed E-state index contributed by atoms with van der Waals surface area (Å²) in [6.45, 7) is 0. The summed E-state index contributed by atoms with van der Waals surface area (Å²) in [5, 5.41) is 2.68. The third-order valence-electron chi connectivity index (χ3n) is 2.79. The molecule has 1 amide bonds. The minimum Gasteiger partial charge on any atom is -0.495 e. The van der Waals surface area contributed by atoms with E-state index in [1.807, 2.05) is 0 Å². The summed E-state index contributed by atoms with van der Waals surface area (Å²) in [6.07, 6.45) is 2.97. The number of anilines is 2. The van der Waals surface area contributed by atoms with Crippen LogP contribution in [0.3, 0.4) is 0 Å². The topological polar surface area (TPSA) is 64.3 Å². The number of amides is 1. The molecule has 0 bridgehead atoms. The number of ether oxygens (including phenoxy) is 1. The Balaban J connectivity index is 2.01. The number of nitrogens with one attached hydrogen (secondary N) is 1. The normalized spacial score (nSPS) is 10.6. The molecule has 0 heterocycles. The fraction of sp³-hybridized carbons (Fsp3) is 0.0625. The lowest BCUT2D eigenvalue weighted by Gasteiger charge is -2.07. The third kappa shape index (κ3) is 4.07. The van der Waals surface area contributed by atoms with Crippen LogP contribution in [0.25, 0.3) is 6.08 Å². The maximum absolute atomic E-state index is 12.7. The molecule has 5 heteroatoms. The highest BCUT2D eigenvalue weighted by Gasteiger charge is 2.02. The van der Waals surface area contributed by atoms with Crippen LogP contribution in [0.1, 0.15) is 5.56 Å². The van der Waals surface area contributed by atoms with Crippen molar-refractivity contribution in [2.24, 2.45) is 0 Å². The van der Waals surface area contributed by atoms with E-state index in [1.165, 1.54) is 25.3 Å². The summed E-state index contributed by atoms with van der Waals surface area (Å²) < 4.78 is 17.8. The molecule has 4 nitrogen and oxygen atoms in total. The molecule has 21 heavy (non-hydrogen) atoms. The Morgan fingerprint density at radius 2 is 1.95 bits per heavy atom. The highest BCUT2D eigenvalue weighted by atomic mass is 19.1. The summed E-state index contributed by atoms with van der Waals surface area (Å²) in [5.41, 5.74) is 7.51. The highest BCUT2D eigenvalue weighted by molar-refractivity contribution is 6.02. The van der Waals surface area contributed by atoms with E-state index in [4.69, 9.17) is 10.5 Å². The summed E-state index contributed by atoms with van der Waals surface area (Å²) in [5.74, 6) is -0.0657.